The Morgan fingerprint density at radius 3 is 1.93 bits per heavy atom. The van der Waals surface area contributed by atoms with Crippen molar-refractivity contribution >= 4 is 5.91 Å². The summed E-state index contributed by atoms with van der Waals surface area (Å²) in [5, 5.41) is 0. The third-order valence-corrected chi connectivity index (χ3v) is 3.17. The van der Waals surface area contributed by atoms with E-state index < -0.39 is 0 Å². The first-order valence-electron chi connectivity index (χ1n) is 5.17. The van der Waals surface area contributed by atoms with Crippen LogP contribution in [-0.2, 0) is 4.79 Å². The molecule has 0 saturated carbocycles. The van der Waals surface area contributed by atoms with Crippen LogP contribution in [0, 0.1) is 11.3 Å². The standard InChI is InChI=1S/C11H21NO.CH4/c1-9(13)12-7-5-10(6-8-12)11(2,3)4;/h10H,5-8H2,1-4H3;1H4. The van der Waals surface area contributed by atoms with E-state index in [0.717, 1.165) is 19.0 Å². The van der Waals surface area contributed by atoms with Crippen molar-refractivity contribution in [3.63, 3.8) is 0 Å². The Morgan fingerprint density at radius 2 is 1.64 bits per heavy atom. The molecule has 1 saturated heterocycles. The van der Waals surface area contributed by atoms with Crippen molar-refractivity contribution in [2.75, 3.05) is 13.1 Å². The second kappa shape index (κ2) is 4.81. The minimum atomic E-state index is 0. The molecule has 0 aromatic carbocycles. The zero-order valence-corrected chi connectivity index (χ0v) is 9.26. The van der Waals surface area contributed by atoms with Gasteiger partial charge >= 0.3 is 0 Å². The van der Waals surface area contributed by atoms with Crippen molar-refractivity contribution in [1.29, 1.82) is 0 Å². The molecule has 1 fully saturated rings. The van der Waals surface area contributed by atoms with Crippen LogP contribution in [0.2, 0.25) is 0 Å². The highest BCUT2D eigenvalue weighted by molar-refractivity contribution is 5.73. The lowest BCUT2D eigenvalue weighted by Gasteiger charge is -2.38. The Bertz CT molecular complexity index is 185. The maximum Gasteiger partial charge on any atom is 0.219 e. The molecule has 1 heterocycles. The average Bonchev–Trinajstić information content (AvgIpc) is 2.03. The number of amides is 1. The molecule has 0 aromatic rings. The molecule has 2 nitrogen and oxygen atoms in total. The van der Waals surface area contributed by atoms with Gasteiger partial charge in [0, 0.05) is 20.0 Å². The van der Waals surface area contributed by atoms with Crippen molar-refractivity contribution in [2.45, 2.75) is 48.0 Å². The largest absolute Gasteiger partial charge is 0.343 e. The second-order valence-electron chi connectivity index (χ2n) is 5.15. The Labute approximate surface area is 88.7 Å². The van der Waals surface area contributed by atoms with Crippen molar-refractivity contribution in [2.24, 2.45) is 11.3 Å². The van der Waals surface area contributed by atoms with Crippen LogP contribution in [0.5, 0.6) is 0 Å². The Morgan fingerprint density at radius 1 is 1.21 bits per heavy atom. The fourth-order valence-electron chi connectivity index (χ4n) is 2.06. The highest BCUT2D eigenvalue weighted by Crippen LogP contribution is 2.34. The van der Waals surface area contributed by atoms with Crippen LogP contribution in [0.15, 0.2) is 0 Å². The van der Waals surface area contributed by atoms with Gasteiger partial charge in [-0.1, -0.05) is 28.2 Å². The Balaban J connectivity index is 0.00000169. The van der Waals surface area contributed by atoms with Gasteiger partial charge in [0.25, 0.3) is 0 Å². The molecule has 14 heavy (non-hydrogen) atoms. The van der Waals surface area contributed by atoms with Crippen molar-refractivity contribution in [1.82, 2.24) is 4.90 Å². The van der Waals surface area contributed by atoms with E-state index in [9.17, 15) is 4.79 Å². The molecule has 0 aromatic heterocycles. The van der Waals surface area contributed by atoms with Gasteiger partial charge in [-0.2, -0.15) is 0 Å². The van der Waals surface area contributed by atoms with E-state index in [0.29, 0.717) is 5.41 Å². The molecular weight excluding hydrogens is 174 g/mol. The molecule has 1 aliphatic heterocycles. The van der Waals surface area contributed by atoms with Gasteiger partial charge in [-0.3, -0.25) is 4.79 Å². The Kier molecular flexibility index (Phi) is 4.63. The zero-order valence-electron chi connectivity index (χ0n) is 9.26. The maximum atomic E-state index is 11.1. The van der Waals surface area contributed by atoms with E-state index in [1.54, 1.807) is 6.92 Å². The summed E-state index contributed by atoms with van der Waals surface area (Å²) in [6.07, 6.45) is 2.34. The third kappa shape index (κ3) is 3.32. The average molecular weight is 199 g/mol. The third-order valence-electron chi connectivity index (χ3n) is 3.17. The minimum absolute atomic E-state index is 0. The summed E-state index contributed by atoms with van der Waals surface area (Å²) in [6, 6.07) is 0. The monoisotopic (exact) mass is 199 g/mol. The molecule has 0 bridgehead atoms. The summed E-state index contributed by atoms with van der Waals surface area (Å²) < 4.78 is 0. The van der Waals surface area contributed by atoms with Gasteiger partial charge in [0.05, 0.1) is 0 Å². The number of carbonyl (C=O) groups is 1. The molecule has 1 aliphatic rings. The molecule has 0 unspecified atom stereocenters. The van der Waals surface area contributed by atoms with E-state index in [-0.39, 0.29) is 13.3 Å². The smallest absolute Gasteiger partial charge is 0.219 e. The van der Waals surface area contributed by atoms with Crippen molar-refractivity contribution in [3.05, 3.63) is 0 Å². The number of carbonyl (C=O) groups excluding carboxylic acids is 1. The summed E-state index contributed by atoms with van der Waals surface area (Å²) in [7, 11) is 0. The lowest BCUT2D eigenvalue weighted by Crippen LogP contribution is -2.40. The van der Waals surface area contributed by atoms with Crippen LogP contribution < -0.4 is 0 Å². The van der Waals surface area contributed by atoms with Gasteiger partial charge < -0.3 is 4.90 Å². The van der Waals surface area contributed by atoms with E-state index in [1.807, 2.05) is 4.90 Å². The summed E-state index contributed by atoms with van der Waals surface area (Å²) in [5.74, 6) is 1.01. The van der Waals surface area contributed by atoms with Crippen LogP contribution in [-0.4, -0.2) is 23.9 Å². The van der Waals surface area contributed by atoms with Crippen molar-refractivity contribution < 1.29 is 4.79 Å². The molecule has 1 amide bonds. The summed E-state index contributed by atoms with van der Waals surface area (Å²) in [4.78, 5) is 13.0. The highest BCUT2D eigenvalue weighted by atomic mass is 16.2. The maximum absolute atomic E-state index is 11.1. The molecule has 0 atom stereocenters. The lowest BCUT2D eigenvalue weighted by molar-refractivity contribution is -0.130. The van der Waals surface area contributed by atoms with E-state index in [4.69, 9.17) is 0 Å². The highest BCUT2D eigenvalue weighted by Gasteiger charge is 2.29. The first-order valence-corrected chi connectivity index (χ1v) is 5.17. The molecular formula is C12H25NO. The van der Waals surface area contributed by atoms with E-state index in [2.05, 4.69) is 20.8 Å². The molecule has 0 spiro atoms. The zero-order chi connectivity index (χ0) is 10.1. The first-order chi connectivity index (χ1) is 5.91. The summed E-state index contributed by atoms with van der Waals surface area (Å²) in [6.45, 7) is 10.5. The molecule has 84 valence electrons. The fourth-order valence-corrected chi connectivity index (χ4v) is 2.06. The molecule has 0 aliphatic carbocycles. The van der Waals surface area contributed by atoms with Crippen LogP contribution in [0.1, 0.15) is 48.0 Å². The van der Waals surface area contributed by atoms with Crippen LogP contribution in [0.4, 0.5) is 0 Å². The number of nitrogens with zero attached hydrogens (tertiary/aromatic N) is 1. The second-order valence-corrected chi connectivity index (χ2v) is 5.15. The summed E-state index contributed by atoms with van der Waals surface area (Å²) in [5.41, 5.74) is 0.406. The van der Waals surface area contributed by atoms with Gasteiger partial charge in [-0.05, 0) is 24.2 Å². The molecule has 0 N–H and O–H groups in total. The van der Waals surface area contributed by atoms with E-state index >= 15 is 0 Å². The molecule has 1 rings (SSSR count). The number of hydrogen-bond donors (Lipinski definition) is 0. The number of rotatable bonds is 0. The normalized spacial score (nSPS) is 19.0. The van der Waals surface area contributed by atoms with E-state index in [1.165, 1.54) is 12.8 Å². The van der Waals surface area contributed by atoms with Gasteiger partial charge in [-0.25, -0.2) is 0 Å². The quantitative estimate of drug-likeness (QED) is 0.587. The SMILES string of the molecule is C.CC(=O)N1CCC(C(C)(C)C)CC1. The number of likely N-dealkylation sites (tertiary alicyclic amines) is 1. The molecule has 0 radical (unpaired) electrons. The number of hydrogen-bond acceptors (Lipinski definition) is 1. The van der Waals surface area contributed by atoms with Crippen molar-refractivity contribution in [3.8, 4) is 0 Å². The Hall–Kier alpha value is -0.530. The van der Waals surface area contributed by atoms with Gasteiger partial charge in [0.1, 0.15) is 0 Å². The minimum Gasteiger partial charge on any atom is -0.343 e. The van der Waals surface area contributed by atoms with Gasteiger partial charge in [0.15, 0.2) is 0 Å². The topological polar surface area (TPSA) is 20.3 Å². The predicted molar refractivity (Wildman–Crippen MR) is 61.2 cm³/mol. The molecule has 2 heteroatoms. The fraction of sp³-hybridized carbons (Fsp3) is 0.917. The lowest BCUT2D eigenvalue weighted by atomic mass is 9.75. The predicted octanol–water partition coefficient (Wildman–Crippen LogP) is 2.93. The van der Waals surface area contributed by atoms with Gasteiger partial charge in [-0.15, -0.1) is 0 Å². The summed E-state index contributed by atoms with van der Waals surface area (Å²) >= 11 is 0. The van der Waals surface area contributed by atoms with Crippen LogP contribution in [0.3, 0.4) is 0 Å². The number of piperidine rings is 1. The van der Waals surface area contributed by atoms with Crippen LogP contribution >= 0.6 is 0 Å². The first kappa shape index (κ1) is 13.5. The van der Waals surface area contributed by atoms with Gasteiger partial charge in [0.2, 0.25) is 5.91 Å². The van der Waals surface area contributed by atoms with Crippen LogP contribution in [0.25, 0.3) is 0 Å².